The van der Waals surface area contributed by atoms with Crippen LogP contribution in [0.5, 0.6) is 0 Å². The molecule has 2 heterocycles. The molecule has 1 aromatic rings. The van der Waals surface area contributed by atoms with E-state index in [1.165, 1.54) is 16.3 Å². The molecule has 0 atom stereocenters. The quantitative estimate of drug-likeness (QED) is 0.446. The van der Waals surface area contributed by atoms with E-state index in [0.717, 1.165) is 0 Å². The standard InChI is InChI=1S/C18H25N3O4S/c1-17(2)7-12(22)18(13(23)8-17)6-11-14(21(9-18)10-25-4)19-16(26-5)20(3)15(11)24/h6-10H2,1-5H3. The third kappa shape index (κ3) is 2.89. The number of thioether (sulfide) groups is 1. The van der Waals surface area contributed by atoms with Crippen LogP contribution in [0.4, 0.5) is 5.82 Å². The molecule has 1 aliphatic carbocycles. The minimum Gasteiger partial charge on any atom is -0.364 e. The van der Waals surface area contributed by atoms with Crippen molar-refractivity contribution in [1.82, 2.24) is 9.55 Å². The van der Waals surface area contributed by atoms with Gasteiger partial charge in [-0.25, -0.2) is 4.98 Å². The van der Waals surface area contributed by atoms with Gasteiger partial charge in [0.25, 0.3) is 5.56 Å². The number of rotatable bonds is 3. The van der Waals surface area contributed by atoms with Gasteiger partial charge in [-0.3, -0.25) is 19.0 Å². The number of carbonyl (C=O) groups excluding carboxylic acids is 2. The zero-order valence-electron chi connectivity index (χ0n) is 15.9. The van der Waals surface area contributed by atoms with Gasteiger partial charge in [-0.15, -0.1) is 0 Å². The van der Waals surface area contributed by atoms with Gasteiger partial charge in [0, 0.05) is 40.0 Å². The summed E-state index contributed by atoms with van der Waals surface area (Å²) in [5.41, 5.74) is -1.28. The van der Waals surface area contributed by atoms with Crippen molar-refractivity contribution >= 4 is 29.1 Å². The first-order valence-corrected chi connectivity index (χ1v) is 9.82. The Labute approximate surface area is 157 Å². The second-order valence-electron chi connectivity index (χ2n) is 8.00. The molecule has 0 amide bonds. The number of hydrogen-bond acceptors (Lipinski definition) is 7. The van der Waals surface area contributed by atoms with Crippen LogP contribution in [0.25, 0.3) is 0 Å². The number of nitrogens with zero attached hydrogens (tertiary/aromatic N) is 3. The molecule has 0 bridgehead atoms. The predicted molar refractivity (Wildman–Crippen MR) is 99.6 cm³/mol. The fourth-order valence-corrected chi connectivity index (χ4v) is 4.57. The zero-order valence-corrected chi connectivity index (χ0v) is 16.7. The van der Waals surface area contributed by atoms with Crippen molar-refractivity contribution in [3.8, 4) is 0 Å². The Bertz CT molecular complexity index is 810. The molecule has 8 heteroatoms. The van der Waals surface area contributed by atoms with E-state index in [0.29, 0.717) is 29.4 Å². The number of methoxy groups -OCH3 is 1. The van der Waals surface area contributed by atoms with Gasteiger partial charge in [-0.1, -0.05) is 25.6 Å². The Morgan fingerprint density at radius 1 is 1.15 bits per heavy atom. The van der Waals surface area contributed by atoms with Gasteiger partial charge < -0.3 is 9.64 Å². The molecule has 1 aliphatic heterocycles. The van der Waals surface area contributed by atoms with Crippen LogP contribution in [0, 0.1) is 10.8 Å². The molecule has 2 aliphatic rings. The van der Waals surface area contributed by atoms with Gasteiger partial charge in [0.05, 0.1) is 5.56 Å². The summed E-state index contributed by atoms with van der Waals surface area (Å²) in [5, 5.41) is 0.591. The highest BCUT2D eigenvalue weighted by molar-refractivity contribution is 7.98. The Hall–Kier alpha value is -1.67. The average Bonchev–Trinajstić information content (AvgIpc) is 2.56. The Kier molecular flexibility index (Phi) is 4.77. The molecule has 0 aromatic carbocycles. The number of fused-ring (bicyclic) bond motifs is 1. The predicted octanol–water partition coefficient (Wildman–Crippen LogP) is 1.41. The molecule has 1 saturated carbocycles. The fraction of sp³-hybridized carbons (Fsp3) is 0.667. The van der Waals surface area contributed by atoms with Crippen molar-refractivity contribution in [1.29, 1.82) is 0 Å². The smallest absolute Gasteiger partial charge is 0.259 e. The second kappa shape index (κ2) is 6.49. The van der Waals surface area contributed by atoms with E-state index in [1.54, 1.807) is 19.1 Å². The van der Waals surface area contributed by atoms with Crippen LogP contribution < -0.4 is 10.5 Å². The zero-order chi connectivity index (χ0) is 19.3. The van der Waals surface area contributed by atoms with Crippen molar-refractivity contribution in [2.75, 3.05) is 31.5 Å². The maximum atomic E-state index is 13.1. The minimum atomic E-state index is -1.17. The summed E-state index contributed by atoms with van der Waals surface area (Å²) in [5.74, 6) is 0.360. The van der Waals surface area contributed by atoms with Crippen LogP contribution in [-0.4, -0.2) is 47.8 Å². The van der Waals surface area contributed by atoms with E-state index in [-0.39, 0.29) is 42.2 Å². The molecular weight excluding hydrogens is 354 g/mol. The number of ether oxygens (including phenoxy) is 1. The highest BCUT2D eigenvalue weighted by atomic mass is 32.2. The van der Waals surface area contributed by atoms with Crippen molar-refractivity contribution in [2.24, 2.45) is 17.9 Å². The number of carbonyl (C=O) groups is 2. The van der Waals surface area contributed by atoms with Crippen LogP contribution in [0.2, 0.25) is 0 Å². The molecule has 26 heavy (non-hydrogen) atoms. The molecule has 0 radical (unpaired) electrons. The molecule has 1 fully saturated rings. The number of ketones is 2. The van der Waals surface area contributed by atoms with Crippen LogP contribution in [-0.2, 0) is 27.8 Å². The van der Waals surface area contributed by atoms with E-state index < -0.39 is 5.41 Å². The molecule has 3 rings (SSSR count). The van der Waals surface area contributed by atoms with Gasteiger partial charge in [0.15, 0.2) is 5.16 Å². The van der Waals surface area contributed by atoms with E-state index in [9.17, 15) is 14.4 Å². The van der Waals surface area contributed by atoms with Gasteiger partial charge in [0.1, 0.15) is 29.5 Å². The first-order valence-electron chi connectivity index (χ1n) is 8.59. The van der Waals surface area contributed by atoms with Crippen LogP contribution in [0.15, 0.2) is 9.95 Å². The van der Waals surface area contributed by atoms with Crippen LogP contribution >= 0.6 is 11.8 Å². The van der Waals surface area contributed by atoms with Gasteiger partial charge in [-0.05, 0) is 11.7 Å². The van der Waals surface area contributed by atoms with E-state index >= 15 is 0 Å². The summed E-state index contributed by atoms with van der Waals surface area (Å²) in [6.45, 7) is 4.26. The molecule has 1 spiro atoms. The Balaban J connectivity index is 2.16. The van der Waals surface area contributed by atoms with E-state index in [2.05, 4.69) is 4.98 Å². The molecular formula is C18H25N3O4S. The Morgan fingerprint density at radius 3 is 2.31 bits per heavy atom. The van der Waals surface area contributed by atoms with Gasteiger partial charge in [-0.2, -0.15) is 0 Å². The third-order valence-corrected chi connectivity index (χ3v) is 6.10. The molecule has 0 unspecified atom stereocenters. The topological polar surface area (TPSA) is 81.5 Å². The number of anilines is 1. The van der Waals surface area contributed by atoms with Crippen molar-refractivity contribution in [2.45, 2.75) is 38.3 Å². The highest BCUT2D eigenvalue weighted by Gasteiger charge is 2.55. The lowest BCUT2D eigenvalue weighted by molar-refractivity contribution is -0.148. The SMILES string of the molecule is COCN1CC2(Cc3c1nc(SC)n(C)c3=O)C(=O)CC(C)(C)CC2=O. The molecule has 0 saturated heterocycles. The lowest BCUT2D eigenvalue weighted by Gasteiger charge is -2.46. The summed E-state index contributed by atoms with van der Waals surface area (Å²) in [4.78, 5) is 45.4. The first-order chi connectivity index (χ1) is 12.1. The summed E-state index contributed by atoms with van der Waals surface area (Å²) in [6.07, 6.45) is 2.66. The number of hydrogen-bond donors (Lipinski definition) is 0. The van der Waals surface area contributed by atoms with Crippen molar-refractivity contribution in [3.63, 3.8) is 0 Å². The maximum Gasteiger partial charge on any atom is 0.259 e. The summed E-state index contributed by atoms with van der Waals surface area (Å²) < 4.78 is 6.76. The summed E-state index contributed by atoms with van der Waals surface area (Å²) in [7, 11) is 3.21. The largest absolute Gasteiger partial charge is 0.364 e. The van der Waals surface area contributed by atoms with E-state index in [4.69, 9.17) is 4.74 Å². The van der Waals surface area contributed by atoms with Gasteiger partial charge in [0.2, 0.25) is 0 Å². The Morgan fingerprint density at radius 2 is 1.77 bits per heavy atom. The summed E-state index contributed by atoms with van der Waals surface area (Å²) in [6, 6.07) is 0. The average molecular weight is 379 g/mol. The first kappa shape index (κ1) is 19.1. The number of aromatic nitrogens is 2. The van der Waals surface area contributed by atoms with E-state index in [1.807, 2.05) is 20.1 Å². The lowest BCUT2D eigenvalue weighted by atomic mass is 9.60. The molecule has 142 valence electrons. The van der Waals surface area contributed by atoms with Crippen molar-refractivity contribution < 1.29 is 14.3 Å². The third-order valence-electron chi connectivity index (χ3n) is 5.37. The van der Waals surface area contributed by atoms with Crippen LogP contribution in [0.1, 0.15) is 32.3 Å². The monoisotopic (exact) mass is 379 g/mol. The maximum absolute atomic E-state index is 13.1. The fourth-order valence-electron chi connectivity index (χ4n) is 4.04. The second-order valence-corrected chi connectivity index (χ2v) is 8.78. The summed E-state index contributed by atoms with van der Waals surface area (Å²) >= 11 is 1.38. The minimum absolute atomic E-state index is 0.0819. The van der Waals surface area contributed by atoms with Gasteiger partial charge >= 0.3 is 0 Å². The molecule has 0 N–H and O–H groups in total. The van der Waals surface area contributed by atoms with Crippen LogP contribution in [0.3, 0.4) is 0 Å². The molecule has 7 nitrogen and oxygen atoms in total. The highest BCUT2D eigenvalue weighted by Crippen LogP contribution is 2.45. The molecule has 1 aromatic heterocycles. The number of Topliss-reactive ketones (excluding diaryl/α,β-unsaturated/α-hetero) is 2. The lowest BCUT2D eigenvalue weighted by Crippen LogP contribution is -2.59. The van der Waals surface area contributed by atoms with Crippen molar-refractivity contribution in [3.05, 3.63) is 15.9 Å². The normalized spacial score (nSPS) is 21.2.